The maximum absolute atomic E-state index is 12.3. The fourth-order valence-corrected chi connectivity index (χ4v) is 3.90. The van der Waals surface area contributed by atoms with Gasteiger partial charge < -0.3 is 24.8 Å². The molecule has 0 unspecified atom stereocenters. The molecule has 0 atom stereocenters. The quantitative estimate of drug-likeness (QED) is 0.217. The fraction of sp³-hybridized carbons (Fsp3) is 0.188. The molecule has 39 heavy (non-hydrogen) atoms. The molecule has 0 bridgehead atoms. The van der Waals surface area contributed by atoms with Gasteiger partial charge >= 0.3 is 0 Å². The Morgan fingerprint density at radius 3 is 1.18 bits per heavy atom. The van der Waals surface area contributed by atoms with Gasteiger partial charge in [-0.3, -0.25) is 9.59 Å². The highest BCUT2D eigenvalue weighted by atomic mass is 16.5. The number of hydrogen-bond donors (Lipinski definition) is 2. The van der Waals surface area contributed by atoms with E-state index in [4.69, 9.17) is 14.2 Å². The zero-order chi connectivity index (χ0) is 27.5. The highest BCUT2D eigenvalue weighted by Gasteiger charge is 2.07. The molecule has 4 rings (SSSR count). The number of hydrogen-bond acceptors (Lipinski definition) is 5. The molecule has 0 aliphatic rings. The average Bonchev–Trinajstić information content (AvgIpc) is 2.97. The monoisotopic (exact) mass is 524 g/mol. The van der Waals surface area contributed by atoms with Gasteiger partial charge in [0.15, 0.2) is 0 Å². The summed E-state index contributed by atoms with van der Waals surface area (Å²) in [6, 6.07) is 29.8. The summed E-state index contributed by atoms with van der Waals surface area (Å²) in [5, 5.41) is 5.82. The van der Waals surface area contributed by atoms with Crippen LogP contribution in [0.25, 0.3) is 0 Å². The van der Waals surface area contributed by atoms with Crippen LogP contribution in [-0.2, 0) is 22.4 Å². The number of methoxy groups -OCH3 is 2. The normalized spacial score (nSPS) is 10.4. The molecule has 0 radical (unpaired) electrons. The molecule has 0 aliphatic heterocycles. The first kappa shape index (κ1) is 27.3. The number of amides is 2. The zero-order valence-corrected chi connectivity index (χ0v) is 22.1. The molecule has 2 amide bonds. The van der Waals surface area contributed by atoms with E-state index in [1.165, 1.54) is 0 Å². The third kappa shape index (κ3) is 8.64. The van der Waals surface area contributed by atoms with Crippen molar-refractivity contribution in [3.8, 4) is 23.0 Å². The minimum atomic E-state index is -0.0545. The van der Waals surface area contributed by atoms with E-state index in [9.17, 15) is 9.59 Å². The number of aryl methyl sites for hydroxylation is 2. The Bertz CT molecular complexity index is 1240. The van der Waals surface area contributed by atoms with Gasteiger partial charge in [0.1, 0.15) is 23.0 Å². The van der Waals surface area contributed by atoms with Crippen molar-refractivity contribution in [3.63, 3.8) is 0 Å². The van der Waals surface area contributed by atoms with Crippen molar-refractivity contribution in [3.05, 3.63) is 108 Å². The average molecular weight is 525 g/mol. The second kappa shape index (κ2) is 13.7. The van der Waals surface area contributed by atoms with Gasteiger partial charge in [-0.05, 0) is 96.8 Å². The maximum Gasteiger partial charge on any atom is 0.224 e. The second-order valence-electron chi connectivity index (χ2n) is 8.94. The Kier molecular flexibility index (Phi) is 9.56. The van der Waals surface area contributed by atoms with Crippen LogP contribution in [0.4, 0.5) is 11.4 Å². The second-order valence-corrected chi connectivity index (χ2v) is 8.94. The number of anilines is 2. The van der Waals surface area contributed by atoms with E-state index in [1.54, 1.807) is 62.8 Å². The molecule has 7 nitrogen and oxygen atoms in total. The molecular weight excluding hydrogens is 492 g/mol. The summed E-state index contributed by atoms with van der Waals surface area (Å²) in [5.41, 5.74) is 3.56. The van der Waals surface area contributed by atoms with Crippen molar-refractivity contribution in [1.29, 1.82) is 0 Å². The zero-order valence-electron chi connectivity index (χ0n) is 22.1. The van der Waals surface area contributed by atoms with Crippen molar-refractivity contribution < 1.29 is 23.8 Å². The molecule has 0 saturated carbocycles. The Morgan fingerprint density at radius 1 is 0.513 bits per heavy atom. The highest BCUT2D eigenvalue weighted by molar-refractivity contribution is 5.91. The molecule has 200 valence electrons. The summed E-state index contributed by atoms with van der Waals surface area (Å²) in [5.74, 6) is 2.77. The summed E-state index contributed by atoms with van der Waals surface area (Å²) in [6.45, 7) is 0. The number of carbonyl (C=O) groups is 2. The van der Waals surface area contributed by atoms with Crippen LogP contribution in [0.5, 0.6) is 23.0 Å². The van der Waals surface area contributed by atoms with Crippen molar-refractivity contribution in [2.45, 2.75) is 25.7 Å². The highest BCUT2D eigenvalue weighted by Crippen LogP contribution is 2.25. The van der Waals surface area contributed by atoms with E-state index in [0.717, 1.165) is 22.6 Å². The maximum atomic E-state index is 12.3. The predicted octanol–water partition coefficient (Wildman–Crippen LogP) is 6.64. The molecule has 0 spiro atoms. The number of ether oxygens (including phenoxy) is 3. The summed E-state index contributed by atoms with van der Waals surface area (Å²) in [4.78, 5) is 24.7. The van der Waals surface area contributed by atoms with Crippen molar-refractivity contribution >= 4 is 23.2 Å². The van der Waals surface area contributed by atoms with Crippen molar-refractivity contribution in [1.82, 2.24) is 0 Å². The Hall–Kier alpha value is -4.78. The molecule has 0 saturated heterocycles. The molecule has 0 heterocycles. The predicted molar refractivity (Wildman–Crippen MR) is 153 cm³/mol. The van der Waals surface area contributed by atoms with Crippen LogP contribution in [0.3, 0.4) is 0 Å². The molecular formula is C32H32N2O5. The van der Waals surface area contributed by atoms with Gasteiger partial charge in [0, 0.05) is 24.2 Å². The third-order valence-electron chi connectivity index (χ3n) is 6.11. The van der Waals surface area contributed by atoms with Gasteiger partial charge in [0.05, 0.1) is 14.2 Å². The molecule has 2 N–H and O–H groups in total. The lowest BCUT2D eigenvalue weighted by molar-refractivity contribution is -0.117. The Labute approximate surface area is 228 Å². The van der Waals surface area contributed by atoms with Crippen molar-refractivity contribution in [2.24, 2.45) is 0 Å². The lowest BCUT2D eigenvalue weighted by Gasteiger charge is -2.10. The molecule has 0 aromatic heterocycles. The smallest absolute Gasteiger partial charge is 0.224 e. The summed E-state index contributed by atoms with van der Waals surface area (Å²) in [7, 11) is 3.26. The van der Waals surface area contributed by atoms with Gasteiger partial charge in [0.2, 0.25) is 11.8 Å². The lowest BCUT2D eigenvalue weighted by atomic mass is 10.1. The number of carbonyl (C=O) groups excluding carboxylic acids is 2. The first-order chi connectivity index (χ1) is 19.0. The molecule has 7 heteroatoms. The Morgan fingerprint density at radius 2 is 0.846 bits per heavy atom. The van der Waals surface area contributed by atoms with Crippen LogP contribution < -0.4 is 24.8 Å². The van der Waals surface area contributed by atoms with Gasteiger partial charge in [0.25, 0.3) is 0 Å². The van der Waals surface area contributed by atoms with E-state index in [0.29, 0.717) is 48.6 Å². The summed E-state index contributed by atoms with van der Waals surface area (Å²) < 4.78 is 16.2. The van der Waals surface area contributed by atoms with Crippen molar-refractivity contribution in [2.75, 3.05) is 24.9 Å². The summed E-state index contributed by atoms with van der Waals surface area (Å²) in [6.07, 6.45) is 2.07. The van der Waals surface area contributed by atoms with E-state index in [1.807, 2.05) is 48.5 Å². The lowest BCUT2D eigenvalue weighted by Crippen LogP contribution is -2.12. The number of rotatable bonds is 12. The minimum Gasteiger partial charge on any atom is -0.497 e. The van der Waals surface area contributed by atoms with E-state index in [2.05, 4.69) is 10.6 Å². The largest absolute Gasteiger partial charge is 0.497 e. The molecule has 4 aromatic rings. The SMILES string of the molecule is COc1ccc(CCC(=O)Nc2ccc(Oc3ccc(NC(=O)CCc4ccc(OC)cc4)cc3)cc2)cc1. The van der Waals surface area contributed by atoms with Gasteiger partial charge in [-0.15, -0.1) is 0 Å². The van der Waals surface area contributed by atoms with Crippen LogP contribution in [0.1, 0.15) is 24.0 Å². The molecule has 0 aliphatic carbocycles. The fourth-order valence-electron chi connectivity index (χ4n) is 3.90. The molecule has 0 fully saturated rings. The standard InChI is InChI=1S/C32H32N2O5/c1-37-27-13-3-23(4-14-27)7-21-31(35)33-25-9-17-29(18-10-25)39-30-19-11-26(12-20-30)34-32(36)22-8-24-5-15-28(38-2)16-6-24/h3-6,9-20H,7-8,21-22H2,1-2H3,(H,33,35)(H,34,36). The minimum absolute atomic E-state index is 0.0545. The molecule has 4 aromatic carbocycles. The topological polar surface area (TPSA) is 85.9 Å². The first-order valence-electron chi connectivity index (χ1n) is 12.7. The van der Waals surface area contributed by atoms with Crippen LogP contribution >= 0.6 is 0 Å². The van der Waals surface area contributed by atoms with Gasteiger partial charge in [-0.2, -0.15) is 0 Å². The third-order valence-corrected chi connectivity index (χ3v) is 6.11. The first-order valence-corrected chi connectivity index (χ1v) is 12.7. The Balaban J connectivity index is 1.20. The number of benzene rings is 4. The van der Waals surface area contributed by atoms with Crippen LogP contribution in [0.2, 0.25) is 0 Å². The van der Waals surface area contributed by atoms with Crippen LogP contribution in [0.15, 0.2) is 97.1 Å². The van der Waals surface area contributed by atoms with Gasteiger partial charge in [-0.25, -0.2) is 0 Å². The van der Waals surface area contributed by atoms with Crippen LogP contribution in [0, 0.1) is 0 Å². The van der Waals surface area contributed by atoms with Gasteiger partial charge in [-0.1, -0.05) is 24.3 Å². The van der Waals surface area contributed by atoms with E-state index >= 15 is 0 Å². The van der Waals surface area contributed by atoms with E-state index in [-0.39, 0.29) is 11.8 Å². The van der Waals surface area contributed by atoms with Crippen LogP contribution in [-0.4, -0.2) is 26.0 Å². The summed E-state index contributed by atoms with van der Waals surface area (Å²) >= 11 is 0. The number of nitrogens with one attached hydrogen (secondary N) is 2. The van der Waals surface area contributed by atoms with E-state index < -0.39 is 0 Å².